The summed E-state index contributed by atoms with van der Waals surface area (Å²) in [4.78, 5) is 24.3. The average molecular weight is 574 g/mol. The minimum Gasteiger partial charge on any atom is -0.543 e. The Labute approximate surface area is 250 Å². The molecule has 16 heteroatoms. The molecular weight excluding hydrogens is 553 g/mol. The van der Waals surface area contributed by atoms with Crippen LogP contribution >= 0.6 is 0 Å². The third-order valence-electron chi connectivity index (χ3n) is 5.15. The normalized spacial score (nSPS) is 15.3. The molecule has 14 nitrogen and oxygen atoms in total. The minimum absolute atomic E-state index is 0. The van der Waals surface area contributed by atoms with Crippen molar-refractivity contribution in [2.75, 3.05) is 17.3 Å². The van der Waals surface area contributed by atoms with E-state index < -0.39 is 33.7 Å². The zero-order valence-corrected chi connectivity index (χ0v) is 24.0. The third-order valence-corrected chi connectivity index (χ3v) is 6.00. The first kappa shape index (κ1) is 30.5. The fourth-order valence-electron chi connectivity index (χ4n) is 3.40. The maximum atomic E-state index is 12.9. The molecule has 200 valence electrons. The smallest absolute Gasteiger partial charge is 0.543 e. The number of hydrazone groups is 1. The maximum absolute atomic E-state index is 12.9. The molecule has 1 amide bonds. The molecule has 1 aliphatic rings. The number of nitrogens with two attached hydrogens (primary N) is 1. The fourth-order valence-corrected chi connectivity index (χ4v) is 3.92. The van der Waals surface area contributed by atoms with Crippen LogP contribution in [-0.4, -0.2) is 43.2 Å². The number of carbonyl (C=O) groups excluding carboxylic acids is 2. The summed E-state index contributed by atoms with van der Waals surface area (Å²) >= 11 is 0. The second-order valence-corrected chi connectivity index (χ2v) is 9.31. The van der Waals surface area contributed by atoms with Gasteiger partial charge in [-0.25, -0.2) is 0 Å². The molecule has 40 heavy (non-hydrogen) atoms. The Morgan fingerprint density at radius 3 is 2.42 bits per heavy atom. The van der Waals surface area contributed by atoms with Crippen LogP contribution in [0.5, 0.6) is 5.75 Å². The van der Waals surface area contributed by atoms with Crippen LogP contribution in [0.15, 0.2) is 97.2 Å². The first-order valence-electron chi connectivity index (χ1n) is 11.2. The number of azo groups is 2. The second kappa shape index (κ2) is 12.9. The van der Waals surface area contributed by atoms with E-state index in [1.165, 1.54) is 48.5 Å². The number of nitrogen functional groups attached to an aromatic ring is 1. The molecule has 1 unspecified atom stereocenters. The van der Waals surface area contributed by atoms with Gasteiger partial charge in [0.25, 0.3) is 16.0 Å². The Kier molecular flexibility index (Phi) is 9.83. The fraction of sp³-hybridized carbons (Fsp3) is 0.125. The van der Waals surface area contributed by atoms with Crippen molar-refractivity contribution in [3.63, 3.8) is 0 Å². The Bertz CT molecular complexity index is 1640. The van der Waals surface area contributed by atoms with Gasteiger partial charge in [0.1, 0.15) is 17.1 Å². The van der Waals surface area contributed by atoms with E-state index in [1.807, 2.05) is 0 Å². The maximum Gasteiger partial charge on any atom is 1.00 e. The van der Waals surface area contributed by atoms with E-state index in [2.05, 4.69) is 25.6 Å². The van der Waals surface area contributed by atoms with Gasteiger partial charge in [0, 0.05) is 11.8 Å². The first-order chi connectivity index (χ1) is 18.6. The molecular formula is C24H20N7NaO7S. The van der Waals surface area contributed by atoms with Gasteiger partial charge in [0.15, 0.2) is 6.04 Å². The van der Waals surface area contributed by atoms with Crippen molar-refractivity contribution < 1.29 is 62.0 Å². The van der Waals surface area contributed by atoms with E-state index in [0.717, 1.165) is 11.1 Å². The Balaban J connectivity index is 0.00000441. The number of carboxylic acids is 1. The van der Waals surface area contributed by atoms with Crippen LogP contribution in [0, 0.1) is 0 Å². The number of aliphatic carboxylic acids is 1. The number of amides is 1. The van der Waals surface area contributed by atoms with Gasteiger partial charge < -0.3 is 20.4 Å². The summed E-state index contributed by atoms with van der Waals surface area (Å²) in [5, 5.41) is 32.3. The van der Waals surface area contributed by atoms with E-state index in [-0.39, 0.29) is 63.9 Å². The number of hydrogen-bond donors (Lipinski definition) is 2. The number of carboxylic acid groups (broad SMARTS) is 1. The molecule has 1 atom stereocenters. The molecule has 0 spiro atoms. The number of ether oxygens (including phenoxy) is 1. The molecule has 1 heterocycles. The van der Waals surface area contributed by atoms with Crippen LogP contribution in [0.1, 0.15) is 6.92 Å². The van der Waals surface area contributed by atoms with Crippen molar-refractivity contribution in [1.29, 1.82) is 0 Å². The average Bonchev–Trinajstić information content (AvgIpc) is 3.23. The van der Waals surface area contributed by atoms with E-state index >= 15 is 0 Å². The molecule has 0 saturated carbocycles. The van der Waals surface area contributed by atoms with E-state index in [9.17, 15) is 27.7 Å². The molecule has 0 saturated heterocycles. The number of hydrogen-bond acceptors (Lipinski definition) is 12. The molecule has 0 aromatic heterocycles. The number of carbonyl (C=O) groups is 2. The quantitative estimate of drug-likeness (QED) is 0.153. The second-order valence-electron chi connectivity index (χ2n) is 7.89. The number of rotatable bonds is 9. The van der Waals surface area contributed by atoms with Gasteiger partial charge >= 0.3 is 29.6 Å². The molecule has 0 radical (unpaired) electrons. The van der Waals surface area contributed by atoms with Crippen molar-refractivity contribution >= 4 is 56.1 Å². The Hall–Kier alpha value is -4.02. The summed E-state index contributed by atoms with van der Waals surface area (Å²) in [7, 11) is -4.40. The summed E-state index contributed by atoms with van der Waals surface area (Å²) < 4.78 is 37.4. The zero-order chi connectivity index (χ0) is 28.2. The first-order valence-corrected chi connectivity index (χ1v) is 12.7. The molecule has 0 fully saturated rings. The van der Waals surface area contributed by atoms with Gasteiger partial charge in [-0.1, -0.05) is 12.1 Å². The molecule has 3 aromatic carbocycles. The van der Waals surface area contributed by atoms with Gasteiger partial charge in [-0.05, 0) is 55.5 Å². The number of benzene rings is 3. The minimum atomic E-state index is -4.40. The summed E-state index contributed by atoms with van der Waals surface area (Å²) in [5.74, 6) is -2.24. The van der Waals surface area contributed by atoms with Crippen LogP contribution in [0.3, 0.4) is 0 Å². The van der Waals surface area contributed by atoms with Crippen LogP contribution in [0.4, 0.5) is 28.4 Å². The van der Waals surface area contributed by atoms with Gasteiger partial charge in [0.2, 0.25) is 0 Å². The van der Waals surface area contributed by atoms with Crippen molar-refractivity contribution in [2.24, 2.45) is 25.6 Å². The van der Waals surface area contributed by atoms with E-state index in [4.69, 9.17) is 10.5 Å². The van der Waals surface area contributed by atoms with E-state index in [0.29, 0.717) is 11.4 Å². The third kappa shape index (κ3) is 7.13. The van der Waals surface area contributed by atoms with E-state index in [1.54, 1.807) is 19.1 Å². The Morgan fingerprint density at radius 1 is 1.07 bits per heavy atom. The molecule has 1 aliphatic heterocycles. The predicted molar refractivity (Wildman–Crippen MR) is 137 cm³/mol. The van der Waals surface area contributed by atoms with Crippen LogP contribution < -0.4 is 50.1 Å². The van der Waals surface area contributed by atoms with Crippen LogP contribution in [-0.2, 0) is 19.7 Å². The van der Waals surface area contributed by atoms with Gasteiger partial charge in [-0.15, -0.1) is 0 Å². The largest absolute Gasteiger partial charge is 1.00 e. The standard InChI is InChI=1S/C24H21N7O7S.Na/c1-2-38-20-13-16(27-26-15-6-4-8-18(12-15)39(35,36)37)9-10-19(20)28-29-21-22(24(33)34)30-31(23(21)32)17-7-3-5-14(25)11-17;/h3-13,21H,2,25H2,1H3,(H,33,34)(H,35,36,37);/q;+1/p-1. The Morgan fingerprint density at radius 2 is 1.77 bits per heavy atom. The summed E-state index contributed by atoms with van der Waals surface area (Å²) in [6, 6.07) is 14.3. The van der Waals surface area contributed by atoms with Gasteiger partial charge in [-0.2, -0.15) is 39.0 Å². The van der Waals surface area contributed by atoms with Crippen molar-refractivity contribution in [1.82, 2.24) is 0 Å². The van der Waals surface area contributed by atoms with Crippen LogP contribution in [0.25, 0.3) is 0 Å². The van der Waals surface area contributed by atoms with Gasteiger partial charge in [0.05, 0.1) is 34.5 Å². The molecule has 0 bridgehead atoms. The molecule has 3 aromatic rings. The summed E-state index contributed by atoms with van der Waals surface area (Å²) in [6.45, 7) is 1.96. The zero-order valence-electron chi connectivity index (χ0n) is 21.2. The topological polar surface area (TPSA) is 212 Å². The van der Waals surface area contributed by atoms with Crippen molar-refractivity contribution in [2.45, 2.75) is 17.9 Å². The monoisotopic (exact) mass is 573 g/mol. The van der Waals surface area contributed by atoms with Crippen molar-refractivity contribution in [3.8, 4) is 5.75 Å². The SMILES string of the molecule is CCOc1cc(N=Nc2cccc(S(=O)(=O)O)c2)ccc1N=NC1C(=O)N(c2cccc(N)c2)N=C1C(=O)[O-].[Na+]. The van der Waals surface area contributed by atoms with Crippen LogP contribution in [0.2, 0.25) is 0 Å². The van der Waals surface area contributed by atoms with Gasteiger partial charge in [-0.3, -0.25) is 9.35 Å². The molecule has 3 N–H and O–H groups in total. The predicted octanol–water partition coefficient (Wildman–Crippen LogP) is -0.0614. The molecule has 4 rings (SSSR count). The summed E-state index contributed by atoms with van der Waals surface area (Å²) in [6.07, 6.45) is 0. The van der Waals surface area contributed by atoms with Crippen molar-refractivity contribution in [3.05, 3.63) is 66.7 Å². The molecule has 0 aliphatic carbocycles. The summed E-state index contributed by atoms with van der Waals surface area (Å²) in [5.41, 5.74) is 6.37. The number of anilines is 2. The number of nitrogens with zero attached hydrogens (tertiary/aromatic N) is 6.